The Hall–Kier alpha value is -3.15. The molecule has 25 heavy (non-hydrogen) atoms. The van der Waals surface area contributed by atoms with E-state index in [4.69, 9.17) is 0 Å². The standard InChI is InChI=1S/C19H16N2O4/c22-19(23)12-6-9-17-16(10-12)14-2-1-3-15(14)18(20-17)11-4-7-13(8-5-11)21(24)25/h1-2,4-10,14-15,18,20H,3H2,(H,22,23)/t14-,15+,18+/m1/s1. The molecular weight excluding hydrogens is 320 g/mol. The van der Waals surface area contributed by atoms with Gasteiger partial charge < -0.3 is 10.4 Å². The first-order chi connectivity index (χ1) is 12.0. The minimum atomic E-state index is -0.932. The monoisotopic (exact) mass is 336 g/mol. The van der Waals surface area contributed by atoms with Crippen LogP contribution in [0.15, 0.2) is 54.6 Å². The van der Waals surface area contributed by atoms with Crippen LogP contribution in [0.4, 0.5) is 11.4 Å². The van der Waals surface area contributed by atoms with Crippen LogP contribution in [-0.2, 0) is 0 Å². The second-order valence-corrected chi connectivity index (χ2v) is 6.43. The number of anilines is 1. The molecule has 2 N–H and O–H groups in total. The quantitative estimate of drug-likeness (QED) is 0.500. The number of carbonyl (C=O) groups is 1. The number of fused-ring (bicyclic) bond motifs is 3. The minimum Gasteiger partial charge on any atom is -0.478 e. The molecular formula is C19H16N2O4. The summed E-state index contributed by atoms with van der Waals surface area (Å²) < 4.78 is 0. The van der Waals surface area contributed by atoms with Crippen molar-refractivity contribution in [3.8, 4) is 0 Å². The lowest BCUT2D eigenvalue weighted by atomic mass is 9.76. The molecule has 0 aromatic heterocycles. The van der Waals surface area contributed by atoms with Gasteiger partial charge >= 0.3 is 5.97 Å². The van der Waals surface area contributed by atoms with Crippen LogP contribution in [0.3, 0.4) is 0 Å². The number of rotatable bonds is 3. The van der Waals surface area contributed by atoms with Gasteiger partial charge in [-0.05, 0) is 41.7 Å². The number of aromatic carboxylic acids is 1. The summed E-state index contributed by atoms with van der Waals surface area (Å²) in [6, 6.07) is 11.8. The second kappa shape index (κ2) is 5.73. The Morgan fingerprint density at radius 3 is 2.64 bits per heavy atom. The average Bonchev–Trinajstić information content (AvgIpc) is 3.10. The van der Waals surface area contributed by atoms with Gasteiger partial charge in [0, 0.05) is 23.7 Å². The van der Waals surface area contributed by atoms with Crippen LogP contribution in [0.2, 0.25) is 0 Å². The van der Waals surface area contributed by atoms with Gasteiger partial charge in [0.05, 0.1) is 16.5 Å². The highest BCUT2D eigenvalue weighted by Crippen LogP contribution is 2.50. The number of non-ortho nitro benzene ring substituents is 1. The third-order valence-corrected chi connectivity index (χ3v) is 5.07. The van der Waals surface area contributed by atoms with Crippen molar-refractivity contribution in [1.82, 2.24) is 0 Å². The molecule has 3 atom stereocenters. The Labute approximate surface area is 144 Å². The van der Waals surface area contributed by atoms with Gasteiger partial charge in [-0.15, -0.1) is 0 Å². The Bertz CT molecular complexity index is 889. The van der Waals surface area contributed by atoms with Crippen LogP contribution in [-0.4, -0.2) is 16.0 Å². The topological polar surface area (TPSA) is 92.5 Å². The molecule has 1 aliphatic carbocycles. The summed E-state index contributed by atoms with van der Waals surface area (Å²) in [5.74, 6) is -0.521. The first kappa shape index (κ1) is 15.4. The molecule has 0 saturated carbocycles. The van der Waals surface area contributed by atoms with E-state index in [9.17, 15) is 20.0 Å². The van der Waals surface area contributed by atoms with E-state index >= 15 is 0 Å². The van der Waals surface area contributed by atoms with Crippen molar-refractivity contribution in [3.63, 3.8) is 0 Å². The van der Waals surface area contributed by atoms with E-state index in [1.54, 1.807) is 30.3 Å². The smallest absolute Gasteiger partial charge is 0.335 e. The van der Waals surface area contributed by atoms with Gasteiger partial charge in [0.1, 0.15) is 0 Å². The normalized spacial score (nSPS) is 23.4. The molecule has 126 valence electrons. The second-order valence-electron chi connectivity index (χ2n) is 6.43. The lowest BCUT2D eigenvalue weighted by molar-refractivity contribution is -0.384. The summed E-state index contributed by atoms with van der Waals surface area (Å²) in [5, 5.41) is 23.6. The number of hydrogen-bond acceptors (Lipinski definition) is 4. The predicted molar refractivity (Wildman–Crippen MR) is 92.8 cm³/mol. The number of carboxylic acids is 1. The van der Waals surface area contributed by atoms with E-state index in [0.29, 0.717) is 0 Å². The number of carboxylic acid groups (broad SMARTS) is 1. The Balaban J connectivity index is 1.72. The zero-order valence-corrected chi connectivity index (χ0v) is 13.3. The molecule has 1 heterocycles. The van der Waals surface area contributed by atoms with E-state index in [0.717, 1.165) is 23.2 Å². The number of hydrogen-bond donors (Lipinski definition) is 2. The lowest BCUT2D eigenvalue weighted by Gasteiger charge is -2.37. The Kier molecular flexibility index (Phi) is 3.53. The van der Waals surface area contributed by atoms with Gasteiger partial charge in [-0.25, -0.2) is 4.79 Å². The summed E-state index contributed by atoms with van der Waals surface area (Å²) in [5.41, 5.74) is 3.27. The minimum absolute atomic E-state index is 0.0315. The van der Waals surface area contributed by atoms with Crippen LogP contribution in [0.1, 0.15) is 39.9 Å². The van der Waals surface area contributed by atoms with Crippen molar-refractivity contribution in [3.05, 3.63) is 81.4 Å². The first-order valence-electron chi connectivity index (χ1n) is 8.09. The maximum absolute atomic E-state index is 11.3. The maximum Gasteiger partial charge on any atom is 0.335 e. The van der Waals surface area contributed by atoms with Gasteiger partial charge in [-0.2, -0.15) is 0 Å². The number of allylic oxidation sites excluding steroid dienone is 2. The largest absolute Gasteiger partial charge is 0.478 e. The van der Waals surface area contributed by atoms with Gasteiger partial charge in [-0.3, -0.25) is 10.1 Å². The van der Waals surface area contributed by atoms with Crippen LogP contribution in [0.25, 0.3) is 0 Å². The van der Waals surface area contributed by atoms with Crippen molar-refractivity contribution in [1.29, 1.82) is 0 Å². The van der Waals surface area contributed by atoms with E-state index in [1.165, 1.54) is 12.1 Å². The van der Waals surface area contributed by atoms with Crippen molar-refractivity contribution in [2.24, 2.45) is 5.92 Å². The molecule has 0 spiro atoms. The van der Waals surface area contributed by atoms with Crippen molar-refractivity contribution in [2.75, 3.05) is 5.32 Å². The molecule has 2 aromatic rings. The molecule has 0 bridgehead atoms. The SMILES string of the molecule is O=C(O)c1ccc2c(c1)[C@@H]1C=CC[C@@H]1[C@H](c1ccc([N+](=O)[O-])cc1)N2. The molecule has 0 unspecified atom stereocenters. The van der Waals surface area contributed by atoms with Crippen molar-refractivity contribution < 1.29 is 14.8 Å². The van der Waals surface area contributed by atoms with E-state index < -0.39 is 10.9 Å². The number of nitro groups is 1. The lowest BCUT2D eigenvalue weighted by Crippen LogP contribution is -2.29. The van der Waals surface area contributed by atoms with Gasteiger partial charge in [0.2, 0.25) is 0 Å². The highest BCUT2D eigenvalue weighted by atomic mass is 16.6. The third kappa shape index (κ3) is 2.55. The summed E-state index contributed by atoms with van der Waals surface area (Å²) in [7, 11) is 0. The highest BCUT2D eigenvalue weighted by Gasteiger charge is 2.38. The molecule has 0 saturated heterocycles. The number of benzene rings is 2. The Morgan fingerprint density at radius 1 is 1.20 bits per heavy atom. The number of nitrogens with zero attached hydrogens (tertiary/aromatic N) is 1. The number of nitrogens with one attached hydrogen (secondary N) is 1. The van der Waals surface area contributed by atoms with Gasteiger partial charge in [0.15, 0.2) is 0 Å². The molecule has 1 aliphatic heterocycles. The fourth-order valence-electron chi connectivity index (χ4n) is 3.86. The summed E-state index contributed by atoms with van der Waals surface area (Å²) in [6.07, 6.45) is 5.14. The summed E-state index contributed by atoms with van der Waals surface area (Å²) in [6.45, 7) is 0. The third-order valence-electron chi connectivity index (χ3n) is 5.07. The van der Waals surface area contributed by atoms with Gasteiger partial charge in [-0.1, -0.05) is 24.3 Å². The molecule has 6 heteroatoms. The highest BCUT2D eigenvalue weighted by molar-refractivity contribution is 5.89. The molecule has 2 aliphatic rings. The molecule has 0 fully saturated rings. The van der Waals surface area contributed by atoms with Crippen LogP contribution >= 0.6 is 0 Å². The summed E-state index contributed by atoms with van der Waals surface area (Å²) in [4.78, 5) is 21.7. The molecule has 2 aromatic carbocycles. The van der Waals surface area contributed by atoms with Crippen LogP contribution in [0.5, 0.6) is 0 Å². The van der Waals surface area contributed by atoms with E-state index in [1.807, 2.05) is 0 Å². The molecule has 4 rings (SSSR count). The van der Waals surface area contributed by atoms with Crippen LogP contribution in [0, 0.1) is 16.0 Å². The van der Waals surface area contributed by atoms with E-state index in [-0.39, 0.29) is 29.1 Å². The zero-order chi connectivity index (χ0) is 17.6. The maximum atomic E-state index is 11.3. The zero-order valence-electron chi connectivity index (χ0n) is 13.3. The van der Waals surface area contributed by atoms with E-state index in [2.05, 4.69) is 17.5 Å². The molecule has 0 amide bonds. The number of nitro benzene ring substituents is 1. The van der Waals surface area contributed by atoms with Crippen molar-refractivity contribution in [2.45, 2.75) is 18.4 Å². The Morgan fingerprint density at radius 2 is 1.96 bits per heavy atom. The first-order valence-corrected chi connectivity index (χ1v) is 8.09. The van der Waals surface area contributed by atoms with Crippen molar-refractivity contribution >= 4 is 17.3 Å². The summed E-state index contributed by atoms with van der Waals surface area (Å²) >= 11 is 0. The fraction of sp³-hybridized carbons (Fsp3) is 0.211. The van der Waals surface area contributed by atoms with Gasteiger partial charge in [0.25, 0.3) is 5.69 Å². The predicted octanol–water partition coefficient (Wildman–Crippen LogP) is 4.12. The average molecular weight is 336 g/mol. The fourth-order valence-corrected chi connectivity index (χ4v) is 3.86. The molecule has 6 nitrogen and oxygen atoms in total. The molecule has 0 radical (unpaired) electrons. The van der Waals surface area contributed by atoms with Crippen LogP contribution < -0.4 is 5.32 Å².